The van der Waals surface area contributed by atoms with Crippen LogP contribution in [0.1, 0.15) is 307 Å². The Hall–Kier alpha value is -16.4. The van der Waals surface area contributed by atoms with Crippen molar-refractivity contribution in [2.45, 2.75) is 199 Å². The number of imide groups is 5. The molecule has 6 aliphatic heterocycles. The Balaban J connectivity index is 0.402. The van der Waals surface area contributed by atoms with Crippen LogP contribution in [0.5, 0.6) is 69.0 Å². The summed E-state index contributed by atoms with van der Waals surface area (Å²) in [6, 6.07) is 76.6. The van der Waals surface area contributed by atoms with Crippen LogP contribution in [0.4, 0.5) is 5.69 Å². The van der Waals surface area contributed by atoms with Crippen molar-refractivity contribution in [2.75, 3.05) is 4.90 Å². The van der Waals surface area contributed by atoms with Gasteiger partial charge in [0, 0.05) is 33.9 Å². The number of aryl methyl sites for hydroxylation is 2. The van der Waals surface area contributed by atoms with Gasteiger partial charge in [0.1, 0.15) is 69.0 Å². The molecule has 23 nitrogen and oxygen atoms in total. The topological polar surface area (TPSA) is 263 Å². The van der Waals surface area contributed by atoms with Gasteiger partial charge in [-0.05, 0) is 297 Å². The number of hydrogen-bond acceptors (Lipinski definition) is 17. The summed E-state index contributed by atoms with van der Waals surface area (Å²) in [5.41, 5.74) is 12.5. The van der Waals surface area contributed by atoms with Crippen LogP contribution in [0.2, 0.25) is 0 Å². The highest BCUT2D eigenvalue weighted by molar-refractivity contribution is 6.26. The zero-order chi connectivity index (χ0) is 101. The van der Waals surface area contributed by atoms with Crippen LogP contribution >= 0.6 is 0 Å². The molecule has 2 unspecified atom stereocenters. The van der Waals surface area contributed by atoms with Gasteiger partial charge in [-0.3, -0.25) is 82.1 Å². The first-order valence-corrected chi connectivity index (χ1v) is 49.9. The van der Waals surface area contributed by atoms with Gasteiger partial charge in [0.15, 0.2) is 0 Å². The lowest BCUT2D eigenvalue weighted by atomic mass is 9.78. The van der Waals surface area contributed by atoms with E-state index in [4.69, 9.17) is 28.4 Å². The van der Waals surface area contributed by atoms with E-state index >= 15 is 0 Å². The van der Waals surface area contributed by atoms with Crippen LogP contribution in [0.25, 0.3) is 5.70 Å². The van der Waals surface area contributed by atoms with Gasteiger partial charge >= 0.3 is 0 Å². The van der Waals surface area contributed by atoms with Crippen LogP contribution in [-0.2, 0) is 22.8 Å². The molecular formula is C122H106N6O17. The molecular weight excluding hydrogens is 1820 g/mol. The Bertz CT molecular complexity index is 7660. The van der Waals surface area contributed by atoms with E-state index in [9.17, 15) is 52.7 Å². The molecule has 3 saturated carbocycles. The number of ether oxygens (including phenoxy) is 6. The molecule has 22 rings (SSSR count). The lowest BCUT2D eigenvalue weighted by Gasteiger charge is -2.40. The van der Waals surface area contributed by atoms with Crippen molar-refractivity contribution < 1.29 is 81.2 Å². The normalized spacial score (nSPS) is 17.5. The zero-order valence-corrected chi connectivity index (χ0v) is 82.1. The molecule has 145 heavy (non-hydrogen) atoms. The SMILES string of the molecule is C=C1c2ccc(Oc3ccc(C(C)(C)c4ccc(Oc5ccc6c(c5)C(=O)N(C5CCCCC5N5C(=O)c7ccc(Oc8ccc(C(C)(C)c9ccc(Oc%10ccc%11c(c%10)C(=O)N(C%10CCCCC%10)C%11=O)cc9)cc8)cc7C5=O)C6=O)cc4)cc3)cc2C(=O)N1c1c(C)cc(C)c(CN2C(=O)c3ccc(Oc4ccc(C(C)(C)c5ccc(Oc6ccc7c(c6)C(=O)N(C6CCCCC6)C7=O)cc5)cc4)cc3C2=O)c1C. The monoisotopic (exact) mass is 1930 g/mol. The molecule has 0 saturated heterocycles. The van der Waals surface area contributed by atoms with Crippen molar-refractivity contribution in [1.82, 2.24) is 24.5 Å². The largest absolute Gasteiger partial charge is 0.457 e. The molecule has 3 aliphatic carbocycles. The van der Waals surface area contributed by atoms with Crippen molar-refractivity contribution in [3.05, 3.63) is 390 Å². The predicted octanol–water partition coefficient (Wildman–Crippen LogP) is 25.8. The van der Waals surface area contributed by atoms with Crippen molar-refractivity contribution in [3.8, 4) is 69.0 Å². The Kier molecular flexibility index (Phi) is 23.6. The summed E-state index contributed by atoms with van der Waals surface area (Å²) >= 11 is 0. The summed E-state index contributed by atoms with van der Waals surface area (Å²) < 4.78 is 38.0. The lowest BCUT2D eigenvalue weighted by molar-refractivity contribution is 0.0291. The minimum absolute atomic E-state index is 0.0533. The van der Waals surface area contributed by atoms with Crippen LogP contribution in [-0.4, -0.2) is 114 Å². The highest BCUT2D eigenvalue weighted by Crippen LogP contribution is 2.49. The van der Waals surface area contributed by atoms with E-state index in [2.05, 4.69) is 48.1 Å². The minimum Gasteiger partial charge on any atom is -0.457 e. The standard InChI is InChI=1S/C122H106N6O17/c1-69-61-70(2)108(71(3)105(69)68-123-109(129)94-56-50-88(63-100(94)110(123)130)141-82-39-27-74(28-40-82)121(7,8)75-29-41-83(42-30-75)142-89-51-57-95-101(64-89)116(136)125(111(95)131)79-19-13-11-14-20-79)124-72(4)93-55-49-87(62-99(93)115(124)135)140-81-37-25-73(26-38-81)120(5,6)77-33-45-85(46-34-77)144-91-53-59-97-103(66-91)118(138)127(113(97)133)106-23-17-18-24-107(106)128-114(134)98-60-54-92(67-104(98)119(128)139)145-86-47-35-78(36-48-86)122(9,10)76-31-43-84(44-32-76)143-90-52-58-96-102(65-90)117(137)126(112(96)132)80-21-15-12-16-22-80/h25-67,79-80,106-107H,4,11-24,68H2,1-3,5-10H3. The van der Waals surface area contributed by atoms with Crippen LogP contribution in [0.3, 0.4) is 0 Å². The second-order valence-electron chi connectivity index (χ2n) is 41.0. The number of amides is 11. The second-order valence-corrected chi connectivity index (χ2v) is 41.0. The average Bonchev–Trinajstić information content (AvgIpc) is 1.59. The Morgan fingerprint density at radius 1 is 0.248 bits per heavy atom. The summed E-state index contributed by atoms with van der Waals surface area (Å²) in [5.74, 6) is 1.41. The first-order valence-electron chi connectivity index (χ1n) is 49.9. The Morgan fingerprint density at radius 2 is 0.476 bits per heavy atom. The van der Waals surface area contributed by atoms with Gasteiger partial charge in [-0.2, -0.15) is 0 Å². The van der Waals surface area contributed by atoms with Crippen LogP contribution in [0.15, 0.2) is 267 Å². The first-order chi connectivity index (χ1) is 69.8. The third kappa shape index (κ3) is 16.6. The summed E-state index contributed by atoms with van der Waals surface area (Å²) in [5, 5.41) is 0. The smallest absolute Gasteiger partial charge is 0.263 e. The minimum atomic E-state index is -0.785. The van der Waals surface area contributed by atoms with E-state index in [1.165, 1.54) is 24.5 Å². The number of fused-ring (bicyclic) bond motifs is 6. The summed E-state index contributed by atoms with van der Waals surface area (Å²) in [7, 11) is 0. The number of anilines is 1. The van der Waals surface area contributed by atoms with Gasteiger partial charge < -0.3 is 28.4 Å². The molecule has 6 heterocycles. The van der Waals surface area contributed by atoms with Gasteiger partial charge in [-0.15, -0.1) is 0 Å². The molecule has 726 valence electrons. The Labute approximate surface area is 839 Å². The number of benzene rings is 13. The lowest BCUT2D eigenvalue weighted by Crippen LogP contribution is -2.56. The molecule has 0 N–H and O–H groups in total. The Morgan fingerprint density at radius 3 is 0.772 bits per heavy atom. The summed E-state index contributed by atoms with van der Waals surface area (Å²) in [6.45, 7) is 22.8. The molecule has 0 aromatic heterocycles. The van der Waals surface area contributed by atoms with E-state index in [0.717, 1.165) is 109 Å². The molecule has 3 fully saturated rings. The first kappa shape index (κ1) is 93.5. The maximum absolute atomic E-state index is 14.9. The van der Waals surface area contributed by atoms with Crippen LogP contribution in [0, 0.1) is 20.8 Å². The fourth-order valence-corrected chi connectivity index (χ4v) is 22.9. The molecule has 11 amide bonds. The molecule has 0 spiro atoms. The summed E-state index contributed by atoms with van der Waals surface area (Å²) in [6.07, 6.45) is 11.7. The average molecular weight is 1930 g/mol. The molecule has 0 bridgehead atoms. The van der Waals surface area contributed by atoms with Crippen molar-refractivity contribution >= 4 is 76.4 Å². The fraction of sp³-hybridized carbons (Fsp3) is 0.254. The van der Waals surface area contributed by atoms with Gasteiger partial charge in [-0.1, -0.05) is 178 Å². The quantitative estimate of drug-likeness (QED) is 0.0481. The number of hydrogen-bond donors (Lipinski definition) is 0. The second kappa shape index (κ2) is 36.5. The molecule has 13 aromatic rings. The van der Waals surface area contributed by atoms with Crippen molar-refractivity contribution in [2.24, 2.45) is 0 Å². The molecule has 9 aliphatic rings. The van der Waals surface area contributed by atoms with Crippen molar-refractivity contribution in [3.63, 3.8) is 0 Å². The predicted molar refractivity (Wildman–Crippen MR) is 547 cm³/mol. The highest BCUT2D eigenvalue weighted by atomic mass is 16.5. The third-order valence-corrected chi connectivity index (χ3v) is 31.2. The molecule has 0 radical (unpaired) electrons. The number of rotatable bonds is 25. The van der Waals surface area contributed by atoms with Gasteiger partial charge in [0.05, 0.1) is 91.2 Å². The third-order valence-electron chi connectivity index (χ3n) is 31.2. The zero-order valence-electron chi connectivity index (χ0n) is 82.1. The molecule has 23 heteroatoms. The number of nitrogens with zero attached hydrogens (tertiary/aromatic N) is 6. The maximum Gasteiger partial charge on any atom is 0.263 e. The van der Waals surface area contributed by atoms with Gasteiger partial charge in [-0.25, -0.2) is 0 Å². The van der Waals surface area contributed by atoms with Crippen molar-refractivity contribution in [1.29, 1.82) is 0 Å². The van der Waals surface area contributed by atoms with E-state index in [-0.39, 0.29) is 81.5 Å². The van der Waals surface area contributed by atoms with Crippen LogP contribution < -0.4 is 33.3 Å². The van der Waals surface area contributed by atoms with E-state index in [1.807, 2.05) is 178 Å². The van der Waals surface area contributed by atoms with Gasteiger partial charge in [0.2, 0.25) is 0 Å². The summed E-state index contributed by atoms with van der Waals surface area (Å²) in [4.78, 5) is 164. The van der Waals surface area contributed by atoms with E-state index in [0.29, 0.717) is 151 Å². The van der Waals surface area contributed by atoms with E-state index < -0.39 is 63.8 Å². The maximum atomic E-state index is 14.9. The van der Waals surface area contributed by atoms with Gasteiger partial charge in [0.25, 0.3) is 65.0 Å². The number of carbonyl (C=O) groups excluding carboxylic acids is 11. The molecule has 13 aromatic carbocycles. The van der Waals surface area contributed by atoms with E-state index in [1.54, 1.807) is 108 Å². The fourth-order valence-electron chi connectivity index (χ4n) is 22.9. The number of carbonyl (C=O) groups is 11. The highest BCUT2D eigenvalue weighted by Gasteiger charge is 2.52. The molecule has 2 atom stereocenters.